The third kappa shape index (κ3) is 2.86. The van der Waals surface area contributed by atoms with Crippen molar-refractivity contribution < 1.29 is 4.79 Å². The Morgan fingerprint density at radius 1 is 1.39 bits per heavy atom. The Morgan fingerprint density at radius 3 is 2.33 bits per heavy atom. The number of rotatable bonds is 8. The van der Waals surface area contributed by atoms with Gasteiger partial charge in [0.2, 0.25) is 5.91 Å². The molecule has 1 atom stereocenters. The molecule has 3 N–H and O–H groups in total. The van der Waals surface area contributed by atoms with Crippen LogP contribution in [0.5, 0.6) is 0 Å². The molecule has 0 aromatic heterocycles. The molecule has 1 amide bonds. The minimum Gasteiger partial charge on any atom is -0.368 e. The number of hydrogen-bond donors (Lipinski definition) is 2. The van der Waals surface area contributed by atoms with E-state index in [2.05, 4.69) is 31.0 Å². The summed E-state index contributed by atoms with van der Waals surface area (Å²) in [7, 11) is 0. The average Bonchev–Trinajstić information content (AvgIpc) is 3.14. The zero-order chi connectivity index (χ0) is 13.3. The number of nitrogens with two attached hydrogens (primary N) is 1. The summed E-state index contributed by atoms with van der Waals surface area (Å²) in [5, 5.41) is 3.57. The Morgan fingerprint density at radius 2 is 2.00 bits per heavy atom. The summed E-state index contributed by atoms with van der Waals surface area (Å²) in [4.78, 5) is 14.4. The molecular formula is C14H27N3O. The third-order valence-electron chi connectivity index (χ3n) is 4.34. The quantitative estimate of drug-likeness (QED) is 0.681. The first-order valence-electron chi connectivity index (χ1n) is 7.31. The smallest absolute Gasteiger partial charge is 0.239 e. The molecule has 2 rings (SSSR count). The zero-order valence-corrected chi connectivity index (χ0v) is 11.9. The van der Waals surface area contributed by atoms with Crippen LogP contribution in [0, 0.1) is 5.92 Å². The number of likely N-dealkylation sites (N-methyl/N-ethyl adjacent to an activating group) is 1. The van der Waals surface area contributed by atoms with E-state index in [0.717, 1.165) is 25.9 Å². The van der Waals surface area contributed by atoms with Crippen molar-refractivity contribution in [3.63, 3.8) is 0 Å². The fraction of sp³-hybridized carbons (Fsp3) is 0.929. The maximum atomic E-state index is 12.1. The van der Waals surface area contributed by atoms with E-state index in [9.17, 15) is 4.79 Å². The van der Waals surface area contributed by atoms with Gasteiger partial charge in [0, 0.05) is 18.6 Å². The summed E-state index contributed by atoms with van der Waals surface area (Å²) >= 11 is 0. The largest absolute Gasteiger partial charge is 0.368 e. The van der Waals surface area contributed by atoms with Crippen molar-refractivity contribution >= 4 is 5.91 Å². The van der Waals surface area contributed by atoms with E-state index in [1.165, 1.54) is 12.8 Å². The van der Waals surface area contributed by atoms with Gasteiger partial charge in [0.05, 0.1) is 0 Å². The van der Waals surface area contributed by atoms with E-state index in [-0.39, 0.29) is 5.91 Å². The SMILES string of the molecule is CCN(CC(NC1CC1)(C(N)=O)C1CC1)C(C)C. The molecule has 18 heavy (non-hydrogen) atoms. The first-order valence-corrected chi connectivity index (χ1v) is 7.31. The third-order valence-corrected chi connectivity index (χ3v) is 4.34. The first-order chi connectivity index (χ1) is 8.49. The Balaban J connectivity index is 2.13. The molecule has 0 bridgehead atoms. The van der Waals surface area contributed by atoms with Crippen molar-refractivity contribution in [1.82, 2.24) is 10.2 Å². The van der Waals surface area contributed by atoms with Crippen LogP contribution in [0.15, 0.2) is 0 Å². The highest BCUT2D eigenvalue weighted by Crippen LogP contribution is 2.42. The molecule has 2 fully saturated rings. The fourth-order valence-electron chi connectivity index (χ4n) is 2.79. The van der Waals surface area contributed by atoms with Gasteiger partial charge in [-0.25, -0.2) is 0 Å². The molecule has 2 aliphatic rings. The van der Waals surface area contributed by atoms with Crippen molar-refractivity contribution in [2.75, 3.05) is 13.1 Å². The zero-order valence-electron chi connectivity index (χ0n) is 11.9. The summed E-state index contributed by atoms with van der Waals surface area (Å²) in [6.45, 7) is 8.23. The number of nitrogens with zero attached hydrogens (tertiary/aromatic N) is 1. The summed E-state index contributed by atoms with van der Waals surface area (Å²) < 4.78 is 0. The monoisotopic (exact) mass is 253 g/mol. The minimum atomic E-state index is -0.485. The maximum Gasteiger partial charge on any atom is 0.239 e. The van der Waals surface area contributed by atoms with Crippen LogP contribution in [-0.4, -0.2) is 41.5 Å². The van der Waals surface area contributed by atoms with Crippen LogP contribution < -0.4 is 11.1 Å². The molecular weight excluding hydrogens is 226 g/mol. The van der Waals surface area contributed by atoms with Crippen LogP contribution >= 0.6 is 0 Å². The van der Waals surface area contributed by atoms with Crippen LogP contribution in [0.2, 0.25) is 0 Å². The van der Waals surface area contributed by atoms with Crippen molar-refractivity contribution in [2.45, 2.75) is 64.1 Å². The molecule has 4 heteroatoms. The lowest BCUT2D eigenvalue weighted by Gasteiger charge is -2.38. The van der Waals surface area contributed by atoms with Gasteiger partial charge >= 0.3 is 0 Å². The summed E-state index contributed by atoms with van der Waals surface area (Å²) in [6.07, 6.45) is 4.65. The molecule has 2 saturated carbocycles. The Hall–Kier alpha value is -0.610. The molecule has 1 unspecified atom stereocenters. The highest BCUT2D eigenvalue weighted by molar-refractivity contribution is 5.86. The summed E-state index contributed by atoms with van der Waals surface area (Å²) in [5.41, 5.74) is 5.28. The normalized spacial score (nSPS) is 23.4. The van der Waals surface area contributed by atoms with Gasteiger partial charge in [-0.3, -0.25) is 15.0 Å². The van der Waals surface area contributed by atoms with Crippen LogP contribution in [-0.2, 0) is 4.79 Å². The van der Waals surface area contributed by atoms with E-state index in [4.69, 9.17) is 5.73 Å². The molecule has 0 spiro atoms. The molecule has 0 aliphatic heterocycles. The van der Waals surface area contributed by atoms with Crippen LogP contribution in [0.4, 0.5) is 0 Å². The second-order valence-electron chi connectivity index (χ2n) is 6.19. The molecule has 0 saturated heterocycles. The highest BCUT2D eigenvalue weighted by Gasteiger charge is 2.52. The first kappa shape index (κ1) is 13.8. The van der Waals surface area contributed by atoms with Crippen molar-refractivity contribution in [1.29, 1.82) is 0 Å². The molecule has 4 nitrogen and oxygen atoms in total. The molecule has 2 aliphatic carbocycles. The van der Waals surface area contributed by atoms with Gasteiger partial charge in [-0.05, 0) is 52.0 Å². The number of carbonyl (C=O) groups is 1. The number of nitrogens with one attached hydrogen (secondary N) is 1. The number of hydrogen-bond acceptors (Lipinski definition) is 3. The fourth-order valence-corrected chi connectivity index (χ4v) is 2.79. The highest BCUT2D eigenvalue weighted by atomic mass is 16.1. The van der Waals surface area contributed by atoms with Gasteiger partial charge < -0.3 is 5.73 Å². The van der Waals surface area contributed by atoms with E-state index in [0.29, 0.717) is 18.0 Å². The summed E-state index contributed by atoms with van der Waals surface area (Å²) in [5.74, 6) is 0.291. The van der Waals surface area contributed by atoms with Gasteiger partial charge in [-0.2, -0.15) is 0 Å². The van der Waals surface area contributed by atoms with Gasteiger partial charge in [-0.15, -0.1) is 0 Å². The Kier molecular flexibility index (Phi) is 3.97. The van der Waals surface area contributed by atoms with Crippen molar-refractivity contribution in [3.05, 3.63) is 0 Å². The minimum absolute atomic E-state index is 0.156. The van der Waals surface area contributed by atoms with Gasteiger partial charge in [0.25, 0.3) is 0 Å². The Bertz CT molecular complexity index is 310. The molecule has 0 heterocycles. The topological polar surface area (TPSA) is 58.4 Å². The lowest BCUT2D eigenvalue weighted by Crippen LogP contribution is -2.64. The molecule has 0 radical (unpaired) electrons. The maximum absolute atomic E-state index is 12.1. The second-order valence-corrected chi connectivity index (χ2v) is 6.19. The summed E-state index contributed by atoms with van der Waals surface area (Å²) in [6, 6.07) is 0.970. The number of primary amides is 1. The lowest BCUT2D eigenvalue weighted by atomic mass is 9.90. The number of carbonyl (C=O) groups excluding carboxylic acids is 1. The second kappa shape index (κ2) is 5.17. The van der Waals surface area contributed by atoms with Gasteiger partial charge in [0.15, 0.2) is 0 Å². The predicted octanol–water partition coefficient (Wildman–Crippen LogP) is 1.10. The average molecular weight is 253 g/mol. The molecule has 104 valence electrons. The van der Waals surface area contributed by atoms with Gasteiger partial charge in [-0.1, -0.05) is 6.92 Å². The van der Waals surface area contributed by atoms with Crippen LogP contribution in [0.25, 0.3) is 0 Å². The lowest BCUT2D eigenvalue weighted by molar-refractivity contribution is -0.126. The predicted molar refractivity (Wildman–Crippen MR) is 73.2 cm³/mol. The van der Waals surface area contributed by atoms with E-state index >= 15 is 0 Å². The number of amides is 1. The van der Waals surface area contributed by atoms with E-state index in [1.807, 2.05) is 0 Å². The van der Waals surface area contributed by atoms with Crippen LogP contribution in [0.1, 0.15) is 46.5 Å². The molecule has 0 aromatic carbocycles. The Labute approximate surface area is 110 Å². The van der Waals surface area contributed by atoms with Crippen molar-refractivity contribution in [2.24, 2.45) is 11.7 Å². The standard InChI is InChI=1S/C14H27N3O/c1-4-17(10(2)3)9-14(13(15)18,11-5-6-11)16-12-7-8-12/h10-12,16H,4-9H2,1-3H3,(H2,15,18). The van der Waals surface area contributed by atoms with Gasteiger partial charge in [0.1, 0.15) is 5.54 Å². The van der Waals surface area contributed by atoms with Crippen LogP contribution in [0.3, 0.4) is 0 Å². The van der Waals surface area contributed by atoms with E-state index in [1.54, 1.807) is 0 Å². The van der Waals surface area contributed by atoms with E-state index < -0.39 is 5.54 Å². The van der Waals surface area contributed by atoms with Crippen molar-refractivity contribution in [3.8, 4) is 0 Å². The molecule has 0 aromatic rings.